The summed E-state index contributed by atoms with van der Waals surface area (Å²) >= 11 is 0. The first-order valence-electron chi connectivity index (χ1n) is 10.8. The molecule has 2 fully saturated rings. The van der Waals surface area contributed by atoms with E-state index in [-0.39, 0.29) is 30.8 Å². The molecule has 2 aliphatic rings. The number of aromatic nitrogens is 2. The largest absolute Gasteiger partial charge is 0.341 e. The first-order chi connectivity index (χ1) is 14.8. The number of hydrogen-bond donors (Lipinski definition) is 1. The van der Waals surface area contributed by atoms with Crippen molar-refractivity contribution in [2.75, 3.05) is 13.6 Å². The van der Waals surface area contributed by atoms with Crippen molar-refractivity contribution in [3.63, 3.8) is 0 Å². The number of nitrogens with one attached hydrogen (secondary N) is 1. The zero-order chi connectivity index (χ0) is 22.2. The Morgan fingerprint density at radius 1 is 1.16 bits per heavy atom. The van der Waals surface area contributed by atoms with Crippen LogP contribution in [-0.4, -0.2) is 56.6 Å². The van der Waals surface area contributed by atoms with Gasteiger partial charge in [-0.3, -0.25) is 14.5 Å². The third kappa shape index (κ3) is 3.82. The van der Waals surface area contributed by atoms with E-state index in [0.29, 0.717) is 19.4 Å². The van der Waals surface area contributed by atoms with Gasteiger partial charge in [-0.15, -0.1) is 0 Å². The smallest absolute Gasteiger partial charge is 0.325 e. The maximum absolute atomic E-state index is 12.8. The third-order valence-corrected chi connectivity index (χ3v) is 6.52. The zero-order valence-corrected chi connectivity index (χ0v) is 18.4. The maximum atomic E-state index is 12.8. The number of rotatable bonds is 6. The number of carbonyl (C=O) groups excluding carboxylic acids is 3. The van der Waals surface area contributed by atoms with Gasteiger partial charge in [0, 0.05) is 37.8 Å². The monoisotopic (exact) mass is 423 g/mol. The fraction of sp³-hybridized carbons (Fsp3) is 0.478. The first kappa shape index (κ1) is 21.1. The molecule has 4 amide bonds. The van der Waals surface area contributed by atoms with Crippen molar-refractivity contribution in [3.05, 3.63) is 47.3 Å². The number of para-hydroxylation sites is 1. The van der Waals surface area contributed by atoms with Gasteiger partial charge in [0.05, 0.1) is 11.4 Å². The normalized spacial score (nSPS) is 17.5. The number of nitrogens with zero attached hydrogens (tertiary/aromatic N) is 4. The van der Waals surface area contributed by atoms with Crippen LogP contribution in [0.15, 0.2) is 30.3 Å². The molecule has 4 rings (SSSR count). The SMILES string of the molecule is Cc1nn(-c2ccccc2)c(C)c1CN(C)C(=O)CCN1C(=O)NC2(CCCC2)C1=O. The van der Waals surface area contributed by atoms with E-state index in [4.69, 9.17) is 0 Å². The highest BCUT2D eigenvalue weighted by atomic mass is 16.2. The van der Waals surface area contributed by atoms with E-state index in [2.05, 4.69) is 10.4 Å². The van der Waals surface area contributed by atoms with Gasteiger partial charge >= 0.3 is 6.03 Å². The molecule has 0 unspecified atom stereocenters. The average molecular weight is 424 g/mol. The lowest BCUT2D eigenvalue weighted by atomic mass is 9.98. The van der Waals surface area contributed by atoms with E-state index >= 15 is 0 Å². The highest BCUT2D eigenvalue weighted by Gasteiger charge is 2.52. The molecule has 1 aliphatic carbocycles. The van der Waals surface area contributed by atoms with Gasteiger partial charge in [-0.05, 0) is 38.8 Å². The fourth-order valence-corrected chi connectivity index (χ4v) is 4.64. The molecule has 164 valence electrons. The van der Waals surface area contributed by atoms with Crippen molar-refractivity contribution in [3.8, 4) is 5.69 Å². The minimum atomic E-state index is -0.730. The van der Waals surface area contributed by atoms with Gasteiger partial charge < -0.3 is 10.2 Å². The summed E-state index contributed by atoms with van der Waals surface area (Å²) in [4.78, 5) is 40.7. The molecule has 1 N–H and O–H groups in total. The summed E-state index contributed by atoms with van der Waals surface area (Å²) < 4.78 is 1.89. The third-order valence-electron chi connectivity index (χ3n) is 6.52. The van der Waals surface area contributed by atoms with Crippen LogP contribution in [0.25, 0.3) is 5.69 Å². The second kappa shape index (κ2) is 8.17. The Labute approximate surface area is 182 Å². The molecule has 1 aromatic carbocycles. The molecular formula is C23H29N5O3. The van der Waals surface area contributed by atoms with E-state index < -0.39 is 5.54 Å². The number of benzene rings is 1. The fourth-order valence-electron chi connectivity index (χ4n) is 4.64. The van der Waals surface area contributed by atoms with Crippen LogP contribution in [0, 0.1) is 13.8 Å². The van der Waals surface area contributed by atoms with Gasteiger partial charge in [-0.2, -0.15) is 5.10 Å². The summed E-state index contributed by atoms with van der Waals surface area (Å²) in [5.74, 6) is -0.291. The topological polar surface area (TPSA) is 87.5 Å². The lowest BCUT2D eigenvalue weighted by Gasteiger charge is -2.21. The van der Waals surface area contributed by atoms with Crippen LogP contribution >= 0.6 is 0 Å². The van der Waals surface area contributed by atoms with Gasteiger partial charge in [0.1, 0.15) is 5.54 Å². The molecule has 2 heterocycles. The van der Waals surface area contributed by atoms with Gasteiger partial charge in [0.15, 0.2) is 0 Å². The van der Waals surface area contributed by atoms with Gasteiger partial charge in [0.25, 0.3) is 5.91 Å². The van der Waals surface area contributed by atoms with Crippen molar-refractivity contribution >= 4 is 17.8 Å². The Hall–Kier alpha value is -3.16. The molecule has 0 radical (unpaired) electrons. The Balaban J connectivity index is 1.39. The molecule has 0 bridgehead atoms. The Morgan fingerprint density at radius 3 is 2.52 bits per heavy atom. The quantitative estimate of drug-likeness (QED) is 0.724. The van der Waals surface area contributed by atoms with Gasteiger partial charge in [-0.1, -0.05) is 31.0 Å². The number of amides is 4. The van der Waals surface area contributed by atoms with Crippen LogP contribution in [0.3, 0.4) is 0 Å². The van der Waals surface area contributed by atoms with E-state index in [1.807, 2.05) is 48.9 Å². The van der Waals surface area contributed by atoms with Crippen LogP contribution in [0.2, 0.25) is 0 Å². The lowest BCUT2D eigenvalue weighted by molar-refractivity contribution is -0.133. The summed E-state index contributed by atoms with van der Waals surface area (Å²) in [6.45, 7) is 4.47. The van der Waals surface area contributed by atoms with Crippen LogP contribution in [-0.2, 0) is 16.1 Å². The molecule has 2 aromatic rings. The summed E-state index contributed by atoms with van der Waals surface area (Å²) in [5, 5.41) is 7.49. The molecule has 1 aromatic heterocycles. The number of hydrogen-bond acceptors (Lipinski definition) is 4. The standard InChI is InChI=1S/C23H29N5O3/c1-16-19(17(2)28(25-16)18-9-5-4-6-10-18)15-26(3)20(29)11-14-27-21(30)23(24-22(27)31)12-7-8-13-23/h4-6,9-10H,7-8,11-15H2,1-3H3,(H,24,31). The molecule has 1 saturated carbocycles. The van der Waals surface area contributed by atoms with Crippen LogP contribution in [0.1, 0.15) is 49.1 Å². The Bertz CT molecular complexity index is 1010. The average Bonchev–Trinajstić information content (AvgIpc) is 3.41. The van der Waals surface area contributed by atoms with Crippen molar-refractivity contribution in [2.24, 2.45) is 0 Å². The summed E-state index contributed by atoms with van der Waals surface area (Å²) in [7, 11) is 1.74. The van der Waals surface area contributed by atoms with E-state index in [1.165, 1.54) is 4.90 Å². The molecule has 0 atom stereocenters. The minimum absolute atomic E-state index is 0.108. The second-order valence-corrected chi connectivity index (χ2v) is 8.57. The Kier molecular flexibility index (Phi) is 5.56. The molecule has 1 saturated heterocycles. The summed E-state index contributed by atoms with van der Waals surface area (Å²) in [6, 6.07) is 9.50. The molecule has 8 nitrogen and oxygen atoms in total. The number of carbonyl (C=O) groups is 3. The maximum Gasteiger partial charge on any atom is 0.325 e. The summed E-state index contributed by atoms with van der Waals surface area (Å²) in [6.07, 6.45) is 3.36. The van der Waals surface area contributed by atoms with Crippen LogP contribution < -0.4 is 5.32 Å². The Morgan fingerprint density at radius 2 is 1.84 bits per heavy atom. The number of urea groups is 1. The number of aryl methyl sites for hydroxylation is 1. The van der Waals surface area contributed by atoms with Crippen molar-refractivity contribution < 1.29 is 14.4 Å². The molecule has 1 spiro atoms. The zero-order valence-electron chi connectivity index (χ0n) is 18.4. The van der Waals surface area contributed by atoms with Crippen LogP contribution in [0.4, 0.5) is 4.79 Å². The second-order valence-electron chi connectivity index (χ2n) is 8.57. The van der Waals surface area contributed by atoms with Crippen molar-refractivity contribution in [2.45, 2.75) is 58.0 Å². The minimum Gasteiger partial charge on any atom is -0.341 e. The van der Waals surface area contributed by atoms with Gasteiger partial charge in [-0.25, -0.2) is 9.48 Å². The first-order valence-corrected chi connectivity index (χ1v) is 10.8. The van der Waals surface area contributed by atoms with E-state index in [0.717, 1.165) is 35.5 Å². The highest BCUT2D eigenvalue weighted by molar-refractivity contribution is 6.07. The molecular weight excluding hydrogens is 394 g/mol. The highest BCUT2D eigenvalue weighted by Crippen LogP contribution is 2.35. The van der Waals surface area contributed by atoms with E-state index in [1.54, 1.807) is 11.9 Å². The van der Waals surface area contributed by atoms with Crippen molar-refractivity contribution in [1.29, 1.82) is 0 Å². The van der Waals surface area contributed by atoms with Crippen LogP contribution in [0.5, 0.6) is 0 Å². The van der Waals surface area contributed by atoms with Gasteiger partial charge in [0.2, 0.25) is 5.91 Å². The molecule has 8 heteroatoms. The predicted octanol–water partition coefficient (Wildman–Crippen LogP) is 2.70. The predicted molar refractivity (Wildman–Crippen MR) is 116 cm³/mol. The molecule has 1 aliphatic heterocycles. The number of imide groups is 1. The van der Waals surface area contributed by atoms with Crippen molar-refractivity contribution in [1.82, 2.24) is 24.9 Å². The summed E-state index contributed by atoms with van der Waals surface area (Å²) in [5.41, 5.74) is 3.10. The molecule has 31 heavy (non-hydrogen) atoms. The van der Waals surface area contributed by atoms with E-state index in [9.17, 15) is 14.4 Å². The lowest BCUT2D eigenvalue weighted by Crippen LogP contribution is -2.44.